The zero-order chi connectivity index (χ0) is 36.4. The van der Waals surface area contributed by atoms with Crippen molar-refractivity contribution in [3.8, 4) is 11.1 Å². The van der Waals surface area contributed by atoms with Crippen molar-refractivity contribution in [3.63, 3.8) is 0 Å². The second-order valence-electron chi connectivity index (χ2n) is 13.7. The number of aliphatic hydroxyl groups excluding tert-OH is 1. The van der Waals surface area contributed by atoms with Crippen molar-refractivity contribution in [3.05, 3.63) is 197 Å². The van der Waals surface area contributed by atoms with Crippen LogP contribution in [0, 0.1) is 5.92 Å². The third-order valence-electron chi connectivity index (χ3n) is 9.86. The van der Waals surface area contributed by atoms with Gasteiger partial charge in [0.2, 0.25) is 0 Å². The van der Waals surface area contributed by atoms with Crippen molar-refractivity contribution in [2.75, 3.05) is 6.54 Å². The zero-order valence-electron chi connectivity index (χ0n) is 29.9. The molecule has 5 aromatic carbocycles. The maximum atomic E-state index is 12.7. The summed E-state index contributed by atoms with van der Waals surface area (Å²) < 4.78 is 13.8. The molecule has 1 saturated heterocycles. The highest BCUT2D eigenvalue weighted by Crippen LogP contribution is 2.42. The van der Waals surface area contributed by atoms with E-state index in [0.29, 0.717) is 18.7 Å². The molecule has 2 N–H and O–H groups in total. The first-order valence-electron chi connectivity index (χ1n) is 18.2. The molecule has 1 amide bonds. The van der Waals surface area contributed by atoms with Gasteiger partial charge in [0.25, 0.3) is 5.91 Å². The Kier molecular flexibility index (Phi) is 11.8. The second-order valence-corrected chi connectivity index (χ2v) is 13.7. The van der Waals surface area contributed by atoms with E-state index in [2.05, 4.69) is 125 Å². The summed E-state index contributed by atoms with van der Waals surface area (Å²) in [6.07, 6.45) is 2.25. The molecule has 0 spiro atoms. The number of hydrogen-bond acceptors (Lipinski definition) is 6. The van der Waals surface area contributed by atoms with E-state index in [1.54, 1.807) is 24.5 Å². The predicted octanol–water partition coefficient (Wildman–Crippen LogP) is 8.66. The first-order valence-corrected chi connectivity index (χ1v) is 18.2. The second kappa shape index (κ2) is 17.4. The lowest BCUT2D eigenvalue weighted by Crippen LogP contribution is -2.44. The van der Waals surface area contributed by atoms with Crippen molar-refractivity contribution >= 4 is 5.91 Å². The van der Waals surface area contributed by atoms with E-state index in [1.807, 2.05) is 30.3 Å². The van der Waals surface area contributed by atoms with Gasteiger partial charge in [0.1, 0.15) is 0 Å². The maximum absolute atomic E-state index is 12.7. The van der Waals surface area contributed by atoms with E-state index >= 15 is 0 Å². The summed E-state index contributed by atoms with van der Waals surface area (Å²) in [5, 5.41) is 12.7. The fourth-order valence-corrected chi connectivity index (χ4v) is 6.96. The van der Waals surface area contributed by atoms with Crippen LogP contribution in [0.3, 0.4) is 0 Å². The number of benzene rings is 5. The Morgan fingerprint density at radius 2 is 1.36 bits per heavy atom. The smallest absolute Gasteiger partial charge is 0.253 e. The number of nitrogens with one attached hydrogen (secondary N) is 1. The molecule has 2 heterocycles. The fraction of sp³-hybridized carbons (Fsp3) is 0.217. The molecule has 6 aromatic rings. The van der Waals surface area contributed by atoms with Gasteiger partial charge >= 0.3 is 0 Å². The van der Waals surface area contributed by atoms with Gasteiger partial charge in [0.15, 0.2) is 6.29 Å². The van der Waals surface area contributed by atoms with E-state index < -0.39 is 6.29 Å². The number of rotatable bonds is 13. The molecule has 0 saturated carbocycles. The number of nitrogens with zero attached hydrogens (tertiary/aromatic N) is 2. The SMILES string of the molecule is C[C@H]1[C@@H](CN(Cc2ccccc2)Cc2ccccc2)O[C@@H](c2cccc(-c3cccc(CNC(=O)c4cccnc4)c3)c2)O[C@H]1c1ccc(CO)cc1. The summed E-state index contributed by atoms with van der Waals surface area (Å²) in [4.78, 5) is 19.2. The summed E-state index contributed by atoms with van der Waals surface area (Å²) in [7, 11) is 0. The lowest BCUT2D eigenvalue weighted by molar-refractivity contribution is -0.276. The fourth-order valence-electron chi connectivity index (χ4n) is 6.96. The quantitative estimate of drug-likeness (QED) is 0.125. The third-order valence-corrected chi connectivity index (χ3v) is 9.86. The number of amides is 1. The normalized spacial score (nSPS) is 18.5. The van der Waals surface area contributed by atoms with Gasteiger partial charge in [0.05, 0.1) is 24.4 Å². The highest BCUT2D eigenvalue weighted by Gasteiger charge is 2.39. The number of hydrogen-bond donors (Lipinski definition) is 2. The van der Waals surface area contributed by atoms with E-state index in [9.17, 15) is 9.90 Å². The minimum absolute atomic E-state index is 0.00544. The predicted molar refractivity (Wildman–Crippen MR) is 207 cm³/mol. The van der Waals surface area contributed by atoms with Gasteiger partial charge in [0, 0.05) is 50.1 Å². The monoisotopic (exact) mass is 703 g/mol. The van der Waals surface area contributed by atoms with Gasteiger partial charge in [-0.1, -0.05) is 128 Å². The van der Waals surface area contributed by atoms with Crippen molar-refractivity contribution < 1.29 is 19.4 Å². The van der Waals surface area contributed by atoms with Crippen LogP contribution < -0.4 is 5.32 Å². The molecule has 0 bridgehead atoms. The first kappa shape index (κ1) is 35.9. The van der Waals surface area contributed by atoms with E-state index in [4.69, 9.17) is 9.47 Å². The van der Waals surface area contributed by atoms with Crippen molar-refractivity contribution in [2.24, 2.45) is 5.92 Å². The Morgan fingerprint density at radius 1 is 0.698 bits per heavy atom. The van der Waals surface area contributed by atoms with E-state index in [1.165, 1.54) is 11.1 Å². The Balaban J connectivity index is 1.15. The number of pyridine rings is 1. The van der Waals surface area contributed by atoms with Crippen LogP contribution in [-0.2, 0) is 35.7 Å². The number of carbonyl (C=O) groups excluding carboxylic acids is 1. The third kappa shape index (κ3) is 9.33. The molecule has 1 fully saturated rings. The topological polar surface area (TPSA) is 83.9 Å². The van der Waals surface area contributed by atoms with Crippen molar-refractivity contribution in [1.82, 2.24) is 15.2 Å². The Labute approximate surface area is 311 Å². The van der Waals surface area contributed by atoms with Crippen molar-refractivity contribution in [2.45, 2.75) is 51.7 Å². The first-order chi connectivity index (χ1) is 26.0. The molecule has 53 heavy (non-hydrogen) atoms. The zero-order valence-corrected chi connectivity index (χ0v) is 29.9. The molecular weight excluding hydrogens is 659 g/mol. The Morgan fingerprint density at radius 3 is 2.02 bits per heavy atom. The summed E-state index contributed by atoms with van der Waals surface area (Å²) in [6, 6.07) is 49.3. The van der Waals surface area contributed by atoms with Crippen LogP contribution >= 0.6 is 0 Å². The standard InChI is InChI=1S/C46H45N3O4/c1-33-43(31-49(29-34-11-4-2-5-12-34)30-35-13-6-3-7-14-35)52-46(53-44(33)38-22-20-36(32-50)21-23-38)41-18-9-17-40(26-41)39-16-8-15-37(25-39)27-48-45(51)42-19-10-24-47-28-42/h2-26,28,33,43-44,46,50H,27,29-32H2,1H3,(H,48,51)/t33-,43+,44+,46+/m0/s1. The van der Waals surface area contributed by atoms with Crippen molar-refractivity contribution in [1.29, 1.82) is 0 Å². The molecule has 268 valence electrons. The van der Waals surface area contributed by atoms with Gasteiger partial charge in [-0.05, 0) is 63.2 Å². The molecule has 1 aromatic heterocycles. The molecule has 7 rings (SSSR count). The summed E-state index contributed by atoms with van der Waals surface area (Å²) >= 11 is 0. The molecule has 1 aliphatic heterocycles. The molecule has 0 aliphatic carbocycles. The van der Waals surface area contributed by atoms with E-state index in [0.717, 1.165) is 46.5 Å². The molecule has 1 aliphatic rings. The highest BCUT2D eigenvalue weighted by molar-refractivity contribution is 5.93. The van der Waals surface area contributed by atoms with Gasteiger partial charge in [-0.2, -0.15) is 0 Å². The minimum atomic E-state index is -0.601. The lowest BCUT2D eigenvalue weighted by Gasteiger charge is -2.43. The molecule has 0 radical (unpaired) electrons. The van der Waals surface area contributed by atoms with Gasteiger partial charge in [-0.15, -0.1) is 0 Å². The number of carbonyl (C=O) groups is 1. The van der Waals surface area contributed by atoms with E-state index in [-0.39, 0.29) is 30.6 Å². The van der Waals surface area contributed by atoms with Crippen LogP contribution in [0.1, 0.15) is 63.1 Å². The van der Waals surface area contributed by atoms with Crippen LogP contribution in [0.4, 0.5) is 0 Å². The number of aromatic nitrogens is 1. The largest absolute Gasteiger partial charge is 0.392 e. The van der Waals surface area contributed by atoms with Gasteiger partial charge < -0.3 is 19.9 Å². The van der Waals surface area contributed by atoms with Crippen LogP contribution in [0.25, 0.3) is 11.1 Å². The van der Waals surface area contributed by atoms with Gasteiger partial charge in [-0.3, -0.25) is 14.7 Å². The summed E-state index contributed by atoms with van der Waals surface area (Å²) in [5.41, 5.74) is 8.95. The van der Waals surface area contributed by atoms with Crippen LogP contribution in [0.5, 0.6) is 0 Å². The molecule has 7 nitrogen and oxygen atoms in total. The van der Waals surface area contributed by atoms with Crippen LogP contribution in [0.2, 0.25) is 0 Å². The van der Waals surface area contributed by atoms with Crippen LogP contribution in [-0.4, -0.2) is 33.5 Å². The number of aliphatic hydroxyl groups is 1. The van der Waals surface area contributed by atoms with Gasteiger partial charge in [-0.25, -0.2) is 0 Å². The molecule has 4 atom stereocenters. The Hall–Kier alpha value is -5.44. The minimum Gasteiger partial charge on any atom is -0.392 e. The summed E-state index contributed by atoms with van der Waals surface area (Å²) in [5.74, 6) is -0.116. The van der Waals surface area contributed by atoms with Crippen LogP contribution in [0.15, 0.2) is 158 Å². The lowest BCUT2D eigenvalue weighted by atomic mass is 9.89. The molecular formula is C46H45N3O4. The maximum Gasteiger partial charge on any atom is 0.253 e. The molecule has 7 heteroatoms. The Bertz CT molecular complexity index is 2020. The number of ether oxygens (including phenoxy) is 2. The average Bonchev–Trinajstić information content (AvgIpc) is 3.22. The average molecular weight is 704 g/mol. The molecule has 0 unspecified atom stereocenters. The summed E-state index contributed by atoms with van der Waals surface area (Å²) in [6.45, 7) is 4.89. The highest BCUT2D eigenvalue weighted by atomic mass is 16.7.